The van der Waals surface area contributed by atoms with Crippen LogP contribution in [0.3, 0.4) is 0 Å². The first-order valence-corrected chi connectivity index (χ1v) is 5.61. The molecule has 2 aromatic carbocycles. The van der Waals surface area contributed by atoms with Crippen molar-refractivity contribution in [2.75, 3.05) is 7.11 Å². The zero-order valence-electron chi connectivity index (χ0n) is 10.3. The summed E-state index contributed by atoms with van der Waals surface area (Å²) in [4.78, 5) is 0. The average molecular weight is 240 g/mol. The lowest BCUT2D eigenvalue weighted by Crippen LogP contribution is -1.85. The van der Waals surface area contributed by atoms with Crippen molar-refractivity contribution < 1.29 is 9.13 Å². The van der Waals surface area contributed by atoms with E-state index in [9.17, 15) is 4.39 Å². The maximum Gasteiger partial charge on any atom is 0.139 e. The van der Waals surface area contributed by atoms with Gasteiger partial charge in [0.15, 0.2) is 0 Å². The Morgan fingerprint density at radius 3 is 2.33 bits per heavy atom. The molecule has 0 amide bonds. The molecule has 18 heavy (non-hydrogen) atoms. The Balaban J connectivity index is 2.25. The second kappa shape index (κ2) is 5.37. The molecule has 0 spiro atoms. The molecule has 0 atom stereocenters. The summed E-state index contributed by atoms with van der Waals surface area (Å²) in [6.07, 6.45) is 0. The molecule has 0 heterocycles. The first kappa shape index (κ1) is 12.2. The topological polar surface area (TPSA) is 9.23 Å². The normalized spacial score (nSPS) is 9.50. The summed E-state index contributed by atoms with van der Waals surface area (Å²) in [5.74, 6) is 6.25. The summed E-state index contributed by atoms with van der Waals surface area (Å²) in [5.41, 5.74) is 2.13. The summed E-state index contributed by atoms with van der Waals surface area (Å²) in [6, 6.07) is 12.4. The molecule has 0 radical (unpaired) electrons. The Bertz CT molecular complexity index is 603. The third-order valence-corrected chi connectivity index (χ3v) is 2.56. The number of methoxy groups -OCH3 is 1. The van der Waals surface area contributed by atoms with Crippen LogP contribution in [0.2, 0.25) is 0 Å². The van der Waals surface area contributed by atoms with Gasteiger partial charge in [-0.1, -0.05) is 17.9 Å². The largest absolute Gasteiger partial charge is 0.497 e. The second-order valence-corrected chi connectivity index (χ2v) is 3.96. The van der Waals surface area contributed by atoms with Crippen molar-refractivity contribution in [1.29, 1.82) is 0 Å². The van der Waals surface area contributed by atoms with Crippen LogP contribution in [0.4, 0.5) is 4.39 Å². The zero-order valence-corrected chi connectivity index (χ0v) is 10.3. The fraction of sp³-hybridized carbons (Fsp3) is 0.125. The highest BCUT2D eigenvalue weighted by Crippen LogP contribution is 2.11. The molecule has 0 aliphatic rings. The van der Waals surface area contributed by atoms with E-state index in [1.165, 1.54) is 6.07 Å². The van der Waals surface area contributed by atoms with Crippen LogP contribution in [-0.4, -0.2) is 7.11 Å². The minimum absolute atomic E-state index is 0.281. The minimum Gasteiger partial charge on any atom is -0.497 e. The summed E-state index contributed by atoms with van der Waals surface area (Å²) in [7, 11) is 1.61. The maximum absolute atomic E-state index is 13.5. The Kier molecular flexibility index (Phi) is 3.64. The molecule has 0 unspecified atom stereocenters. The van der Waals surface area contributed by atoms with Gasteiger partial charge in [-0.3, -0.25) is 0 Å². The highest BCUT2D eigenvalue weighted by atomic mass is 19.1. The van der Waals surface area contributed by atoms with Gasteiger partial charge in [0, 0.05) is 5.56 Å². The van der Waals surface area contributed by atoms with Crippen LogP contribution in [0.1, 0.15) is 16.7 Å². The molecule has 2 heteroatoms. The Morgan fingerprint density at radius 2 is 1.72 bits per heavy atom. The predicted octanol–water partition coefficient (Wildman–Crippen LogP) is 3.54. The first-order valence-electron chi connectivity index (χ1n) is 5.61. The van der Waals surface area contributed by atoms with Crippen LogP contribution in [0.25, 0.3) is 0 Å². The van der Waals surface area contributed by atoms with Crippen molar-refractivity contribution >= 4 is 0 Å². The van der Waals surface area contributed by atoms with E-state index < -0.39 is 0 Å². The smallest absolute Gasteiger partial charge is 0.139 e. The zero-order chi connectivity index (χ0) is 13.0. The molecule has 0 saturated carbocycles. The summed E-state index contributed by atoms with van der Waals surface area (Å²) in [6.45, 7) is 1.85. The molecular formula is C16H13FO. The highest BCUT2D eigenvalue weighted by Gasteiger charge is 1.98. The van der Waals surface area contributed by atoms with Gasteiger partial charge in [0.1, 0.15) is 11.6 Å². The van der Waals surface area contributed by atoms with E-state index in [4.69, 9.17) is 4.74 Å². The molecule has 0 aliphatic heterocycles. The summed E-state index contributed by atoms with van der Waals surface area (Å²) >= 11 is 0. The Labute approximate surface area is 106 Å². The minimum atomic E-state index is -0.281. The molecule has 0 saturated heterocycles. The van der Waals surface area contributed by atoms with Crippen molar-refractivity contribution in [3.05, 3.63) is 65.0 Å². The monoisotopic (exact) mass is 240 g/mol. The SMILES string of the molecule is COc1ccc(C#Cc2ccc(C)cc2F)cc1. The number of hydrogen-bond donors (Lipinski definition) is 0. The van der Waals surface area contributed by atoms with Crippen LogP contribution in [0.5, 0.6) is 5.75 Å². The van der Waals surface area contributed by atoms with Crippen LogP contribution in [0, 0.1) is 24.6 Å². The van der Waals surface area contributed by atoms with Crippen molar-refractivity contribution in [3.63, 3.8) is 0 Å². The van der Waals surface area contributed by atoms with Gasteiger partial charge in [-0.25, -0.2) is 4.39 Å². The number of rotatable bonds is 1. The number of benzene rings is 2. The molecule has 0 aliphatic carbocycles. The number of ether oxygens (including phenoxy) is 1. The van der Waals surface area contributed by atoms with Gasteiger partial charge < -0.3 is 4.74 Å². The standard InChI is InChI=1S/C16H13FO/c1-12-3-7-14(16(17)11-12)8-4-13-5-9-15(18-2)10-6-13/h3,5-7,9-11H,1-2H3. The molecule has 0 fully saturated rings. The molecular weight excluding hydrogens is 227 g/mol. The van der Waals surface area contributed by atoms with Gasteiger partial charge in [-0.2, -0.15) is 0 Å². The van der Waals surface area contributed by atoms with E-state index in [2.05, 4.69) is 11.8 Å². The van der Waals surface area contributed by atoms with Gasteiger partial charge >= 0.3 is 0 Å². The lowest BCUT2D eigenvalue weighted by molar-refractivity contribution is 0.415. The number of hydrogen-bond acceptors (Lipinski definition) is 1. The highest BCUT2D eigenvalue weighted by molar-refractivity contribution is 5.45. The van der Waals surface area contributed by atoms with E-state index in [0.717, 1.165) is 16.9 Å². The third-order valence-electron chi connectivity index (χ3n) is 2.56. The molecule has 2 aromatic rings. The lowest BCUT2D eigenvalue weighted by atomic mass is 10.1. The van der Waals surface area contributed by atoms with Crippen molar-refractivity contribution in [1.82, 2.24) is 0 Å². The quantitative estimate of drug-likeness (QED) is 0.693. The van der Waals surface area contributed by atoms with Crippen LogP contribution < -0.4 is 4.74 Å². The first-order chi connectivity index (χ1) is 8.69. The van der Waals surface area contributed by atoms with Gasteiger partial charge in [-0.15, -0.1) is 0 Å². The Morgan fingerprint density at radius 1 is 1.00 bits per heavy atom. The number of aryl methyl sites for hydroxylation is 1. The predicted molar refractivity (Wildman–Crippen MR) is 70.1 cm³/mol. The van der Waals surface area contributed by atoms with Crippen LogP contribution in [0.15, 0.2) is 42.5 Å². The molecule has 0 aromatic heterocycles. The van der Waals surface area contributed by atoms with Crippen LogP contribution in [-0.2, 0) is 0 Å². The number of halogens is 1. The van der Waals surface area contributed by atoms with Gasteiger partial charge in [-0.05, 0) is 48.9 Å². The van der Waals surface area contributed by atoms with E-state index in [1.54, 1.807) is 13.2 Å². The Hall–Kier alpha value is -2.27. The average Bonchev–Trinajstić information content (AvgIpc) is 2.38. The van der Waals surface area contributed by atoms with Crippen molar-refractivity contribution in [2.45, 2.75) is 6.92 Å². The van der Waals surface area contributed by atoms with Crippen molar-refractivity contribution in [3.8, 4) is 17.6 Å². The summed E-state index contributed by atoms with van der Waals surface area (Å²) < 4.78 is 18.6. The van der Waals surface area contributed by atoms with Crippen LogP contribution >= 0.6 is 0 Å². The fourth-order valence-corrected chi connectivity index (χ4v) is 1.54. The fourth-order valence-electron chi connectivity index (χ4n) is 1.54. The second-order valence-electron chi connectivity index (χ2n) is 3.96. The lowest BCUT2D eigenvalue weighted by Gasteiger charge is -1.98. The van der Waals surface area contributed by atoms with Gasteiger partial charge in [0.2, 0.25) is 0 Å². The molecule has 90 valence electrons. The van der Waals surface area contributed by atoms with Gasteiger partial charge in [0.05, 0.1) is 12.7 Å². The molecule has 0 N–H and O–H groups in total. The maximum atomic E-state index is 13.5. The van der Waals surface area contributed by atoms with E-state index in [-0.39, 0.29) is 5.82 Å². The summed E-state index contributed by atoms with van der Waals surface area (Å²) in [5, 5.41) is 0. The molecule has 0 bridgehead atoms. The van der Waals surface area contributed by atoms with Gasteiger partial charge in [0.25, 0.3) is 0 Å². The van der Waals surface area contributed by atoms with E-state index in [1.807, 2.05) is 37.3 Å². The van der Waals surface area contributed by atoms with E-state index in [0.29, 0.717) is 5.56 Å². The third kappa shape index (κ3) is 2.89. The van der Waals surface area contributed by atoms with Crippen molar-refractivity contribution in [2.24, 2.45) is 0 Å². The van der Waals surface area contributed by atoms with E-state index >= 15 is 0 Å². The molecule has 1 nitrogen and oxygen atoms in total. The molecule has 2 rings (SSSR count).